The summed E-state index contributed by atoms with van der Waals surface area (Å²) in [5.74, 6) is -0.970. The predicted octanol–water partition coefficient (Wildman–Crippen LogP) is 2.85. The van der Waals surface area contributed by atoms with Crippen LogP contribution in [0.3, 0.4) is 0 Å². The lowest BCUT2D eigenvalue weighted by atomic mass is 9.95. The minimum absolute atomic E-state index is 0.0445. The van der Waals surface area contributed by atoms with E-state index in [1.807, 2.05) is 44.2 Å². The summed E-state index contributed by atoms with van der Waals surface area (Å²) in [5, 5.41) is 12.4. The number of carbonyl (C=O) groups excluding carboxylic acids is 1. The maximum atomic E-state index is 12.7. The van der Waals surface area contributed by atoms with Crippen molar-refractivity contribution in [3.05, 3.63) is 58.7 Å². The first-order chi connectivity index (χ1) is 13.4. The van der Waals surface area contributed by atoms with Gasteiger partial charge in [0.2, 0.25) is 5.91 Å². The number of benzene rings is 2. The number of nitrogens with one attached hydrogen (secondary N) is 1. The van der Waals surface area contributed by atoms with Gasteiger partial charge in [0.15, 0.2) is 0 Å². The van der Waals surface area contributed by atoms with Gasteiger partial charge in [0.05, 0.1) is 13.0 Å². The Labute approximate surface area is 164 Å². The van der Waals surface area contributed by atoms with Crippen LogP contribution in [-0.4, -0.2) is 37.2 Å². The van der Waals surface area contributed by atoms with Gasteiger partial charge in [0.25, 0.3) is 0 Å². The maximum absolute atomic E-state index is 12.7. The molecule has 0 spiro atoms. The highest BCUT2D eigenvalue weighted by Crippen LogP contribution is 2.36. The smallest absolute Gasteiger partial charge is 0.308 e. The molecule has 3 rings (SSSR count). The lowest BCUT2D eigenvalue weighted by molar-refractivity contribution is -0.141. The molecule has 1 aliphatic heterocycles. The molecule has 6 heteroatoms. The minimum Gasteiger partial charge on any atom is -0.496 e. The highest BCUT2D eigenvalue weighted by Gasteiger charge is 2.31. The van der Waals surface area contributed by atoms with Crippen molar-refractivity contribution in [2.45, 2.75) is 26.2 Å². The highest BCUT2D eigenvalue weighted by molar-refractivity contribution is 5.86. The van der Waals surface area contributed by atoms with Crippen molar-refractivity contribution < 1.29 is 24.2 Å². The molecule has 0 bridgehead atoms. The summed E-state index contributed by atoms with van der Waals surface area (Å²) >= 11 is 0. The van der Waals surface area contributed by atoms with Crippen LogP contribution in [0.5, 0.6) is 11.5 Å². The van der Waals surface area contributed by atoms with E-state index in [4.69, 9.17) is 9.47 Å². The number of amides is 1. The number of carboxylic acids is 1. The molecule has 2 unspecified atom stereocenters. The molecule has 0 aromatic heterocycles. The zero-order chi connectivity index (χ0) is 20.3. The molecule has 0 saturated heterocycles. The largest absolute Gasteiger partial charge is 0.496 e. The molecule has 28 heavy (non-hydrogen) atoms. The molecule has 0 fully saturated rings. The summed E-state index contributed by atoms with van der Waals surface area (Å²) in [4.78, 5) is 24.4. The second-order valence-corrected chi connectivity index (χ2v) is 7.13. The molecule has 148 valence electrons. The number of aliphatic carboxylic acids is 1. The Morgan fingerprint density at radius 2 is 1.96 bits per heavy atom. The number of rotatable bonds is 7. The molecule has 2 N–H and O–H groups in total. The third kappa shape index (κ3) is 4.11. The number of aryl methyl sites for hydroxylation is 2. The molecule has 2 atom stereocenters. The number of carboxylic acid groups (broad SMARTS) is 1. The van der Waals surface area contributed by atoms with Gasteiger partial charge in [-0.1, -0.05) is 24.3 Å². The van der Waals surface area contributed by atoms with E-state index in [1.165, 1.54) is 0 Å². The van der Waals surface area contributed by atoms with Gasteiger partial charge in [-0.3, -0.25) is 9.59 Å². The summed E-state index contributed by atoms with van der Waals surface area (Å²) in [6.07, 6.45) is 0.273. The molecule has 0 radical (unpaired) electrons. The first kappa shape index (κ1) is 19.7. The van der Waals surface area contributed by atoms with Crippen molar-refractivity contribution >= 4 is 11.9 Å². The van der Waals surface area contributed by atoms with Crippen LogP contribution in [0.1, 0.15) is 28.2 Å². The molecule has 1 aliphatic rings. The predicted molar refractivity (Wildman–Crippen MR) is 105 cm³/mol. The van der Waals surface area contributed by atoms with E-state index < -0.39 is 17.8 Å². The average Bonchev–Trinajstić information content (AvgIpc) is 3.07. The number of para-hydroxylation sites is 1. The van der Waals surface area contributed by atoms with Crippen LogP contribution in [-0.2, 0) is 16.0 Å². The Morgan fingerprint density at radius 3 is 2.68 bits per heavy atom. The molecule has 0 aliphatic carbocycles. The summed E-state index contributed by atoms with van der Waals surface area (Å²) in [5.41, 5.74) is 3.87. The van der Waals surface area contributed by atoms with Crippen molar-refractivity contribution in [1.29, 1.82) is 0 Å². The van der Waals surface area contributed by atoms with Gasteiger partial charge in [0.1, 0.15) is 24.0 Å². The van der Waals surface area contributed by atoms with Gasteiger partial charge in [-0.25, -0.2) is 0 Å². The number of methoxy groups -OCH3 is 1. The Morgan fingerprint density at radius 1 is 1.25 bits per heavy atom. The minimum atomic E-state index is -0.958. The highest BCUT2D eigenvalue weighted by atomic mass is 16.5. The molecule has 1 heterocycles. The van der Waals surface area contributed by atoms with Crippen LogP contribution < -0.4 is 14.8 Å². The Hall–Kier alpha value is -3.02. The first-order valence-electron chi connectivity index (χ1n) is 9.27. The molecular formula is C22H25NO5. The lowest BCUT2D eigenvalue weighted by Crippen LogP contribution is -2.37. The van der Waals surface area contributed by atoms with Gasteiger partial charge in [-0.05, 0) is 49.1 Å². The normalized spacial score (nSPS) is 16.0. The van der Waals surface area contributed by atoms with E-state index in [1.54, 1.807) is 13.2 Å². The average molecular weight is 383 g/mol. The standard InChI is InChI=1S/C22H25NO5/c1-13-8-17-18(12-28-20(17)9-14(13)2)21(24)23-11-16(22(25)26)10-15-6-4-5-7-19(15)27-3/h4-9,16,18H,10-12H2,1-3H3,(H,23,24)(H,25,26). The summed E-state index contributed by atoms with van der Waals surface area (Å²) in [7, 11) is 1.55. The van der Waals surface area contributed by atoms with Crippen molar-refractivity contribution in [2.75, 3.05) is 20.3 Å². The van der Waals surface area contributed by atoms with Crippen LogP contribution in [0.4, 0.5) is 0 Å². The fourth-order valence-corrected chi connectivity index (χ4v) is 3.42. The van der Waals surface area contributed by atoms with Crippen LogP contribution in [0, 0.1) is 19.8 Å². The lowest BCUT2D eigenvalue weighted by Gasteiger charge is -2.17. The second-order valence-electron chi connectivity index (χ2n) is 7.13. The number of hydrogen-bond acceptors (Lipinski definition) is 4. The van der Waals surface area contributed by atoms with Gasteiger partial charge in [-0.15, -0.1) is 0 Å². The molecule has 0 saturated carbocycles. The molecular weight excluding hydrogens is 358 g/mol. The Kier molecular flexibility index (Phi) is 5.87. The number of ether oxygens (including phenoxy) is 2. The van der Waals surface area contributed by atoms with Crippen LogP contribution in [0.15, 0.2) is 36.4 Å². The SMILES string of the molecule is COc1ccccc1CC(CNC(=O)C1COc2cc(C)c(C)cc21)C(=O)O. The monoisotopic (exact) mass is 383 g/mol. The topological polar surface area (TPSA) is 84.9 Å². The fraction of sp³-hybridized carbons (Fsp3) is 0.364. The van der Waals surface area contributed by atoms with Crippen molar-refractivity contribution in [3.63, 3.8) is 0 Å². The van der Waals surface area contributed by atoms with Crippen molar-refractivity contribution in [1.82, 2.24) is 5.32 Å². The van der Waals surface area contributed by atoms with E-state index in [0.717, 1.165) is 28.0 Å². The third-order valence-electron chi connectivity index (χ3n) is 5.25. The summed E-state index contributed by atoms with van der Waals surface area (Å²) < 4.78 is 11.0. The van der Waals surface area contributed by atoms with Gasteiger partial charge in [0, 0.05) is 12.1 Å². The summed E-state index contributed by atoms with van der Waals surface area (Å²) in [6.45, 7) is 4.31. The number of fused-ring (bicyclic) bond motifs is 1. The van der Waals surface area contributed by atoms with Gasteiger partial charge in [-0.2, -0.15) is 0 Å². The van der Waals surface area contributed by atoms with Gasteiger partial charge >= 0.3 is 5.97 Å². The van der Waals surface area contributed by atoms with Crippen LogP contribution in [0.25, 0.3) is 0 Å². The van der Waals surface area contributed by atoms with Crippen molar-refractivity contribution in [3.8, 4) is 11.5 Å². The first-order valence-corrected chi connectivity index (χ1v) is 9.27. The van der Waals surface area contributed by atoms with Crippen LogP contribution in [0.2, 0.25) is 0 Å². The maximum Gasteiger partial charge on any atom is 0.308 e. The number of carbonyl (C=O) groups is 2. The second kappa shape index (κ2) is 8.33. The van der Waals surface area contributed by atoms with E-state index >= 15 is 0 Å². The molecule has 2 aromatic carbocycles. The summed E-state index contributed by atoms with van der Waals surface area (Å²) in [6, 6.07) is 11.2. The Bertz CT molecular complexity index is 892. The van der Waals surface area contributed by atoms with E-state index in [2.05, 4.69) is 5.32 Å². The zero-order valence-electron chi connectivity index (χ0n) is 16.3. The van der Waals surface area contributed by atoms with E-state index in [9.17, 15) is 14.7 Å². The van der Waals surface area contributed by atoms with E-state index in [0.29, 0.717) is 5.75 Å². The molecule has 2 aromatic rings. The van der Waals surface area contributed by atoms with Crippen LogP contribution >= 0.6 is 0 Å². The van der Waals surface area contributed by atoms with Crippen molar-refractivity contribution in [2.24, 2.45) is 5.92 Å². The molecule has 1 amide bonds. The van der Waals surface area contributed by atoms with Gasteiger partial charge < -0.3 is 19.9 Å². The quantitative estimate of drug-likeness (QED) is 0.768. The third-order valence-corrected chi connectivity index (χ3v) is 5.25. The molecule has 6 nitrogen and oxygen atoms in total. The number of hydrogen-bond donors (Lipinski definition) is 2. The Balaban J connectivity index is 1.68. The van der Waals surface area contributed by atoms with E-state index in [-0.39, 0.29) is 25.5 Å². The zero-order valence-corrected chi connectivity index (χ0v) is 16.3. The fourth-order valence-electron chi connectivity index (χ4n) is 3.42.